The highest BCUT2D eigenvalue weighted by Crippen LogP contribution is 2.35. The van der Waals surface area contributed by atoms with E-state index in [1.165, 1.54) is 0 Å². The van der Waals surface area contributed by atoms with Gasteiger partial charge in [0.1, 0.15) is 12.4 Å². The van der Waals surface area contributed by atoms with Gasteiger partial charge in [0.2, 0.25) is 6.10 Å². The van der Waals surface area contributed by atoms with Gasteiger partial charge in [-0.2, -0.15) is 0 Å². The van der Waals surface area contributed by atoms with Crippen molar-refractivity contribution in [2.45, 2.75) is 12.1 Å². The summed E-state index contributed by atoms with van der Waals surface area (Å²) in [5.74, 6) is 2.89. The summed E-state index contributed by atoms with van der Waals surface area (Å²) in [6.45, 7) is 2.69. The zero-order chi connectivity index (χ0) is 21.2. The zero-order valence-corrected chi connectivity index (χ0v) is 17.8. The first-order valence-electron chi connectivity index (χ1n) is 10.1. The molecule has 0 amide bonds. The van der Waals surface area contributed by atoms with Crippen molar-refractivity contribution in [2.75, 3.05) is 38.3 Å². The molecule has 5 rings (SSSR count). The molecule has 160 valence electrons. The Morgan fingerprint density at radius 2 is 1.94 bits per heavy atom. The quantitative estimate of drug-likeness (QED) is 0.478. The van der Waals surface area contributed by atoms with Crippen LogP contribution in [0.25, 0.3) is 0 Å². The average Bonchev–Trinajstić information content (AvgIpc) is 3.34. The molecule has 1 saturated heterocycles. The van der Waals surface area contributed by atoms with Crippen LogP contribution < -0.4 is 24.4 Å². The number of hydrogen-bond donors (Lipinski definition) is 1. The Morgan fingerprint density at radius 1 is 1.13 bits per heavy atom. The van der Waals surface area contributed by atoms with Crippen LogP contribution in [0.15, 0.2) is 52.9 Å². The lowest BCUT2D eigenvalue weighted by molar-refractivity contribution is 0.0710. The minimum Gasteiger partial charge on any atom is -0.497 e. The molecular weight excluding hydrogens is 416 g/mol. The van der Waals surface area contributed by atoms with Gasteiger partial charge in [0.05, 0.1) is 18.0 Å². The van der Waals surface area contributed by atoms with Gasteiger partial charge in [-0.1, -0.05) is 24.4 Å². The summed E-state index contributed by atoms with van der Waals surface area (Å²) in [6.07, 6.45) is -0.464. The molecule has 31 heavy (non-hydrogen) atoms. The highest BCUT2D eigenvalue weighted by atomic mass is 32.1. The number of para-hydroxylation sites is 2. The van der Waals surface area contributed by atoms with E-state index in [1.807, 2.05) is 48.5 Å². The number of anilines is 1. The SMILES string of the molecule is COc1ccc(N2CCNC(C(=S)c3nnc(C4COc5ccccc5O4)o3)C2)cc1. The van der Waals surface area contributed by atoms with Crippen molar-refractivity contribution < 1.29 is 18.6 Å². The topological polar surface area (TPSA) is 81.9 Å². The fourth-order valence-corrected chi connectivity index (χ4v) is 3.95. The van der Waals surface area contributed by atoms with Crippen molar-refractivity contribution in [3.63, 3.8) is 0 Å². The van der Waals surface area contributed by atoms with Crippen LogP contribution in [0.2, 0.25) is 0 Å². The van der Waals surface area contributed by atoms with E-state index in [4.69, 9.17) is 30.8 Å². The second-order valence-corrected chi connectivity index (χ2v) is 7.76. The number of thiocarbonyl (C=S) groups is 1. The largest absolute Gasteiger partial charge is 0.497 e. The first-order chi connectivity index (χ1) is 15.2. The summed E-state index contributed by atoms with van der Waals surface area (Å²) in [6, 6.07) is 15.4. The predicted molar refractivity (Wildman–Crippen MR) is 118 cm³/mol. The van der Waals surface area contributed by atoms with Gasteiger partial charge >= 0.3 is 0 Å². The third kappa shape index (κ3) is 4.06. The first-order valence-corrected chi connectivity index (χ1v) is 10.5. The minimum atomic E-state index is -0.464. The fraction of sp³-hybridized carbons (Fsp3) is 0.318. The Bertz CT molecular complexity index is 1070. The number of nitrogens with one attached hydrogen (secondary N) is 1. The van der Waals surface area contributed by atoms with Crippen molar-refractivity contribution >= 4 is 22.8 Å². The second kappa shape index (κ2) is 8.52. The van der Waals surface area contributed by atoms with E-state index in [-0.39, 0.29) is 6.04 Å². The number of rotatable bonds is 5. The summed E-state index contributed by atoms with van der Waals surface area (Å²) in [5, 5.41) is 11.8. The summed E-state index contributed by atoms with van der Waals surface area (Å²) in [5.41, 5.74) is 1.12. The maximum Gasteiger partial charge on any atom is 0.260 e. The Balaban J connectivity index is 1.27. The standard InChI is InChI=1S/C22H22N4O4S/c1-27-15-8-6-14(7-9-15)26-11-10-23-16(12-26)20(31)22-25-24-21(30-22)19-13-28-17-4-2-3-5-18(17)29-19/h2-9,16,19,23H,10-13H2,1H3. The van der Waals surface area contributed by atoms with E-state index >= 15 is 0 Å². The molecule has 0 radical (unpaired) electrons. The van der Waals surface area contributed by atoms with Crippen molar-refractivity contribution in [3.05, 3.63) is 60.3 Å². The molecule has 3 aromatic rings. The number of fused-ring (bicyclic) bond motifs is 1. The van der Waals surface area contributed by atoms with E-state index in [0.717, 1.165) is 24.5 Å². The molecule has 3 heterocycles. The molecule has 0 aliphatic carbocycles. The van der Waals surface area contributed by atoms with Gasteiger partial charge in [-0.15, -0.1) is 10.2 Å². The maximum absolute atomic E-state index is 5.95. The molecule has 0 bridgehead atoms. The van der Waals surface area contributed by atoms with Crippen molar-refractivity contribution in [1.82, 2.24) is 15.5 Å². The molecule has 0 saturated carbocycles. The number of aromatic nitrogens is 2. The maximum atomic E-state index is 5.95. The van der Waals surface area contributed by atoms with E-state index in [1.54, 1.807) is 7.11 Å². The minimum absolute atomic E-state index is 0.0802. The molecule has 9 heteroatoms. The van der Waals surface area contributed by atoms with E-state index in [0.29, 0.717) is 41.3 Å². The Morgan fingerprint density at radius 3 is 2.74 bits per heavy atom. The van der Waals surface area contributed by atoms with E-state index in [2.05, 4.69) is 20.4 Å². The Kier molecular flexibility index (Phi) is 5.44. The van der Waals surface area contributed by atoms with Crippen LogP contribution in [-0.2, 0) is 0 Å². The van der Waals surface area contributed by atoms with Gasteiger partial charge in [0, 0.05) is 25.3 Å². The van der Waals surface area contributed by atoms with Gasteiger partial charge in [-0.3, -0.25) is 0 Å². The van der Waals surface area contributed by atoms with Gasteiger partial charge < -0.3 is 28.8 Å². The van der Waals surface area contributed by atoms with Crippen molar-refractivity contribution in [3.8, 4) is 17.2 Å². The first kappa shape index (κ1) is 19.8. The summed E-state index contributed by atoms with van der Waals surface area (Å²) in [7, 11) is 1.66. The van der Waals surface area contributed by atoms with Crippen LogP contribution in [0.1, 0.15) is 17.9 Å². The van der Waals surface area contributed by atoms with Crippen LogP contribution in [-0.4, -0.2) is 54.5 Å². The summed E-state index contributed by atoms with van der Waals surface area (Å²) < 4.78 is 22.8. The number of benzene rings is 2. The number of ether oxygens (including phenoxy) is 3. The number of hydrogen-bond acceptors (Lipinski definition) is 9. The van der Waals surface area contributed by atoms with E-state index < -0.39 is 6.10 Å². The Labute approximate surface area is 185 Å². The fourth-order valence-electron chi connectivity index (χ4n) is 3.71. The summed E-state index contributed by atoms with van der Waals surface area (Å²) in [4.78, 5) is 2.87. The summed E-state index contributed by atoms with van der Waals surface area (Å²) >= 11 is 5.68. The number of piperazine rings is 1. The zero-order valence-electron chi connectivity index (χ0n) is 17.0. The third-order valence-electron chi connectivity index (χ3n) is 5.36. The molecule has 1 aromatic heterocycles. The van der Waals surface area contributed by atoms with Crippen LogP contribution >= 0.6 is 12.2 Å². The lowest BCUT2D eigenvalue weighted by Gasteiger charge is -2.35. The molecule has 2 aliphatic rings. The second-order valence-electron chi connectivity index (χ2n) is 7.32. The van der Waals surface area contributed by atoms with Crippen molar-refractivity contribution in [1.29, 1.82) is 0 Å². The van der Waals surface area contributed by atoms with E-state index in [9.17, 15) is 0 Å². The molecule has 8 nitrogen and oxygen atoms in total. The van der Waals surface area contributed by atoms with Gasteiger partial charge in [-0.05, 0) is 36.4 Å². The van der Waals surface area contributed by atoms with Crippen LogP contribution in [0.3, 0.4) is 0 Å². The monoisotopic (exact) mass is 438 g/mol. The van der Waals surface area contributed by atoms with Crippen LogP contribution in [0.5, 0.6) is 17.2 Å². The Hall–Kier alpha value is -3.17. The van der Waals surface area contributed by atoms with Gasteiger partial charge in [-0.25, -0.2) is 0 Å². The third-order valence-corrected chi connectivity index (χ3v) is 5.82. The van der Waals surface area contributed by atoms with Gasteiger partial charge in [0.25, 0.3) is 11.8 Å². The molecule has 2 atom stereocenters. The molecule has 1 N–H and O–H groups in total. The molecular formula is C22H22N4O4S. The number of methoxy groups -OCH3 is 1. The average molecular weight is 439 g/mol. The molecule has 2 aromatic carbocycles. The molecule has 2 aliphatic heterocycles. The highest BCUT2D eigenvalue weighted by molar-refractivity contribution is 7.81. The van der Waals surface area contributed by atoms with Crippen LogP contribution in [0, 0.1) is 0 Å². The molecule has 0 spiro atoms. The number of nitrogens with zero attached hydrogens (tertiary/aromatic N) is 3. The lowest BCUT2D eigenvalue weighted by Crippen LogP contribution is -2.54. The normalized spacial score (nSPS) is 20.4. The lowest BCUT2D eigenvalue weighted by atomic mass is 10.1. The highest BCUT2D eigenvalue weighted by Gasteiger charge is 2.30. The smallest absolute Gasteiger partial charge is 0.260 e. The van der Waals surface area contributed by atoms with Crippen LogP contribution in [0.4, 0.5) is 5.69 Å². The predicted octanol–water partition coefficient (Wildman–Crippen LogP) is 2.79. The van der Waals surface area contributed by atoms with Gasteiger partial charge in [0.15, 0.2) is 11.5 Å². The molecule has 1 fully saturated rings. The van der Waals surface area contributed by atoms with Crippen molar-refractivity contribution in [2.24, 2.45) is 0 Å². The molecule has 2 unspecified atom stereocenters.